The van der Waals surface area contributed by atoms with Gasteiger partial charge in [0, 0.05) is 31.9 Å². The van der Waals surface area contributed by atoms with Crippen LogP contribution < -0.4 is 16.1 Å². The van der Waals surface area contributed by atoms with Gasteiger partial charge in [0.25, 0.3) is 0 Å². The molecule has 0 spiro atoms. The van der Waals surface area contributed by atoms with E-state index in [-0.39, 0.29) is 5.82 Å². The molecule has 0 fully saturated rings. The molecule has 29 heavy (non-hydrogen) atoms. The number of pyridine rings is 1. The van der Waals surface area contributed by atoms with Gasteiger partial charge >= 0.3 is 0 Å². The second-order valence-corrected chi connectivity index (χ2v) is 6.40. The van der Waals surface area contributed by atoms with Crippen LogP contribution in [-0.4, -0.2) is 54.3 Å². The van der Waals surface area contributed by atoms with Crippen LogP contribution in [0.15, 0.2) is 47.6 Å². The lowest BCUT2D eigenvalue weighted by Gasteiger charge is -2.32. The Morgan fingerprint density at radius 1 is 1.38 bits per heavy atom. The second-order valence-electron chi connectivity index (χ2n) is 6.14. The first-order valence-corrected chi connectivity index (χ1v) is 9.47. The number of nitrogen functional groups attached to an aromatic ring is 1. The topological polar surface area (TPSA) is 96.9 Å². The summed E-state index contributed by atoms with van der Waals surface area (Å²) in [6, 6.07) is 11.0. The van der Waals surface area contributed by atoms with E-state index in [4.69, 9.17) is 27.7 Å². The Labute approximate surface area is 175 Å². The van der Waals surface area contributed by atoms with Gasteiger partial charge in [-0.05, 0) is 36.8 Å². The van der Waals surface area contributed by atoms with Crippen molar-refractivity contribution in [3.05, 3.63) is 53.7 Å². The molecule has 1 aromatic carbocycles. The number of hydrazine groups is 2. The number of halogens is 2. The molecule has 2 aromatic rings. The number of aromatic nitrogens is 1. The van der Waals surface area contributed by atoms with Gasteiger partial charge in [0.1, 0.15) is 17.8 Å². The Bertz CT molecular complexity index is 825. The minimum atomic E-state index is -0.731. The predicted molar refractivity (Wildman–Crippen MR) is 117 cm³/mol. The van der Waals surface area contributed by atoms with E-state index in [9.17, 15) is 4.39 Å². The Kier molecular flexibility index (Phi) is 8.47. The number of nitrogens with two attached hydrogens (primary N) is 1. The fourth-order valence-electron chi connectivity index (χ4n) is 2.64. The monoisotopic (exact) mass is 420 g/mol. The first-order chi connectivity index (χ1) is 14.0. The van der Waals surface area contributed by atoms with Crippen molar-refractivity contribution in [2.45, 2.75) is 19.0 Å². The molecule has 0 saturated carbocycles. The van der Waals surface area contributed by atoms with Gasteiger partial charge in [-0.3, -0.25) is 10.3 Å². The molecule has 0 aliphatic heterocycles. The molecule has 1 aromatic heterocycles. The molecular formula is C19H26ClFN8. The number of rotatable bonds is 9. The molecule has 10 heteroatoms. The molecule has 1 atom stereocenters. The average Bonchev–Trinajstić information content (AvgIpc) is 2.75. The molecule has 0 amide bonds. The number of aliphatic imine (C=N–C) groups is 1. The fraction of sp³-hybridized carbons (Fsp3) is 0.316. The highest BCUT2D eigenvalue weighted by Crippen LogP contribution is 2.21. The highest BCUT2D eigenvalue weighted by atomic mass is 35.5. The molecule has 0 aliphatic rings. The van der Waals surface area contributed by atoms with Crippen LogP contribution >= 0.6 is 11.6 Å². The van der Waals surface area contributed by atoms with Crippen LogP contribution in [0.5, 0.6) is 0 Å². The van der Waals surface area contributed by atoms with Crippen molar-refractivity contribution in [3.8, 4) is 0 Å². The summed E-state index contributed by atoms with van der Waals surface area (Å²) < 4.78 is 13.2. The molecule has 0 radical (unpaired) electrons. The number of anilines is 2. The molecule has 1 unspecified atom stereocenters. The summed E-state index contributed by atoms with van der Waals surface area (Å²) in [5.74, 6) is 1.09. The van der Waals surface area contributed by atoms with Crippen LogP contribution in [0, 0.1) is 5.41 Å². The number of nitrogens with zero attached hydrogens (tertiary/aromatic N) is 5. The van der Waals surface area contributed by atoms with E-state index in [0.717, 1.165) is 11.9 Å². The van der Waals surface area contributed by atoms with E-state index < -0.39 is 13.0 Å². The summed E-state index contributed by atoms with van der Waals surface area (Å²) in [5, 5.41) is 10.9. The molecule has 8 nitrogen and oxygen atoms in total. The lowest BCUT2D eigenvalue weighted by Crippen LogP contribution is -2.50. The first kappa shape index (κ1) is 22.7. The van der Waals surface area contributed by atoms with E-state index >= 15 is 0 Å². The normalized spacial score (nSPS) is 13.0. The lowest BCUT2D eigenvalue weighted by atomic mass is 10.1. The van der Waals surface area contributed by atoms with E-state index in [2.05, 4.69) is 10.4 Å². The van der Waals surface area contributed by atoms with Crippen LogP contribution in [0.1, 0.15) is 18.1 Å². The van der Waals surface area contributed by atoms with Crippen LogP contribution in [0.2, 0.25) is 0 Å². The molecule has 0 saturated heterocycles. The van der Waals surface area contributed by atoms with Gasteiger partial charge in [0.2, 0.25) is 0 Å². The molecule has 1 heterocycles. The average molecular weight is 421 g/mol. The van der Waals surface area contributed by atoms with Crippen molar-refractivity contribution >= 4 is 35.3 Å². The lowest BCUT2D eigenvalue weighted by molar-refractivity contribution is -0.0944. The summed E-state index contributed by atoms with van der Waals surface area (Å²) in [5.41, 5.74) is 11.1. The van der Waals surface area contributed by atoms with E-state index in [0.29, 0.717) is 23.0 Å². The van der Waals surface area contributed by atoms with Crippen molar-refractivity contribution in [2.24, 2.45) is 4.99 Å². The Morgan fingerprint density at radius 3 is 2.59 bits per heavy atom. The van der Waals surface area contributed by atoms with Crippen LogP contribution in [0.4, 0.5) is 15.9 Å². The van der Waals surface area contributed by atoms with Crippen LogP contribution in [-0.2, 0) is 5.88 Å². The van der Waals surface area contributed by atoms with Gasteiger partial charge in [0.15, 0.2) is 6.80 Å². The van der Waals surface area contributed by atoms with E-state index in [1.54, 1.807) is 42.3 Å². The Hall–Kier alpha value is -2.59. The Morgan fingerprint density at radius 2 is 2.07 bits per heavy atom. The van der Waals surface area contributed by atoms with Crippen molar-refractivity contribution in [3.63, 3.8) is 0 Å². The van der Waals surface area contributed by atoms with Crippen molar-refractivity contribution < 1.29 is 4.39 Å². The van der Waals surface area contributed by atoms with E-state index in [1.165, 1.54) is 5.12 Å². The van der Waals surface area contributed by atoms with Crippen molar-refractivity contribution in [2.75, 3.05) is 31.5 Å². The van der Waals surface area contributed by atoms with Gasteiger partial charge in [-0.25, -0.2) is 24.8 Å². The number of amidine groups is 1. The standard InChI is InChI=1S/C19H26ClFN8/c1-14(27(3)29(12-21)24-2)26-19(17-5-4-10-25-18(17)23)28(13-22)16-8-6-15(11-20)7-9-16/h4-10,13-14,22,24H,11-12H2,1-3H3,(H2,23,25). The van der Waals surface area contributed by atoms with Gasteiger partial charge in [-0.1, -0.05) is 12.1 Å². The van der Waals surface area contributed by atoms with Gasteiger partial charge in [0.05, 0.1) is 11.9 Å². The third-order valence-electron chi connectivity index (χ3n) is 4.41. The third kappa shape index (κ3) is 5.48. The summed E-state index contributed by atoms with van der Waals surface area (Å²) in [6.07, 6.45) is 2.26. The second kappa shape index (κ2) is 10.8. The van der Waals surface area contributed by atoms with Gasteiger partial charge in [-0.2, -0.15) is 0 Å². The van der Waals surface area contributed by atoms with Crippen molar-refractivity contribution in [1.82, 2.24) is 20.5 Å². The van der Waals surface area contributed by atoms with E-state index in [1.807, 2.05) is 31.2 Å². The Balaban J connectivity index is 2.54. The molecular weight excluding hydrogens is 395 g/mol. The maximum Gasteiger partial charge on any atom is 0.169 e. The van der Waals surface area contributed by atoms with Crippen LogP contribution in [0.25, 0.3) is 0 Å². The smallest absolute Gasteiger partial charge is 0.169 e. The van der Waals surface area contributed by atoms with Gasteiger partial charge < -0.3 is 5.73 Å². The minimum absolute atomic E-state index is 0.279. The summed E-state index contributed by atoms with van der Waals surface area (Å²) in [6.45, 7) is 1.08. The number of hydrogen-bond acceptors (Lipinski definition) is 7. The van der Waals surface area contributed by atoms with Crippen LogP contribution in [0.3, 0.4) is 0 Å². The van der Waals surface area contributed by atoms with Crippen molar-refractivity contribution in [1.29, 1.82) is 5.41 Å². The molecule has 0 bridgehead atoms. The number of nitrogens with one attached hydrogen (secondary N) is 2. The molecule has 0 aliphatic carbocycles. The quantitative estimate of drug-likeness (QED) is 0.190. The summed E-state index contributed by atoms with van der Waals surface area (Å²) in [4.78, 5) is 10.5. The largest absolute Gasteiger partial charge is 0.383 e. The molecule has 156 valence electrons. The maximum absolute atomic E-state index is 13.2. The highest BCUT2D eigenvalue weighted by molar-refractivity contribution is 6.20. The zero-order chi connectivity index (χ0) is 21.4. The minimum Gasteiger partial charge on any atom is -0.383 e. The summed E-state index contributed by atoms with van der Waals surface area (Å²) in [7, 11) is 3.33. The first-order valence-electron chi connectivity index (χ1n) is 8.93. The summed E-state index contributed by atoms with van der Waals surface area (Å²) >= 11 is 5.88. The number of alkyl halides is 2. The fourth-order valence-corrected chi connectivity index (χ4v) is 2.81. The maximum atomic E-state index is 13.2. The SMILES string of the molecule is CNN(CF)N(C)C(C)N=C(c1cccnc1N)N(C=N)c1ccc(CCl)cc1. The third-order valence-corrected chi connectivity index (χ3v) is 4.72. The number of benzene rings is 1. The zero-order valence-electron chi connectivity index (χ0n) is 16.7. The molecule has 2 rings (SSSR count). The predicted octanol–water partition coefficient (Wildman–Crippen LogP) is 2.82. The molecule has 4 N–H and O–H groups in total. The highest BCUT2D eigenvalue weighted by Gasteiger charge is 2.21. The number of hydrogen-bond donors (Lipinski definition) is 3. The zero-order valence-corrected chi connectivity index (χ0v) is 17.4. The van der Waals surface area contributed by atoms with Gasteiger partial charge in [-0.15, -0.1) is 16.7 Å².